The van der Waals surface area contributed by atoms with Crippen molar-refractivity contribution in [2.24, 2.45) is 0 Å². The molecule has 2 heterocycles. The zero-order valence-corrected chi connectivity index (χ0v) is 10.4. The summed E-state index contributed by atoms with van der Waals surface area (Å²) in [6.07, 6.45) is 1.10. The van der Waals surface area contributed by atoms with Gasteiger partial charge in [0.25, 0.3) is 5.91 Å². The van der Waals surface area contributed by atoms with Crippen LogP contribution in [0.3, 0.4) is 0 Å². The predicted octanol–water partition coefficient (Wildman–Crippen LogP) is 1.53. The highest BCUT2D eigenvalue weighted by Gasteiger charge is 2.26. The van der Waals surface area contributed by atoms with Gasteiger partial charge in [-0.15, -0.1) is 0 Å². The Bertz CT molecular complexity index is 608. The van der Waals surface area contributed by atoms with Gasteiger partial charge in [0.1, 0.15) is 11.6 Å². The molecule has 3 N–H and O–H groups in total. The van der Waals surface area contributed by atoms with Gasteiger partial charge in [-0.25, -0.2) is 0 Å². The third-order valence-corrected chi connectivity index (χ3v) is 3.00. The molecule has 0 saturated carbocycles. The molecular formula is C13H14N4O2. The summed E-state index contributed by atoms with van der Waals surface area (Å²) in [7, 11) is 0. The summed E-state index contributed by atoms with van der Waals surface area (Å²) in [5, 5.41) is 12.5. The molecule has 2 aromatic rings. The van der Waals surface area contributed by atoms with Crippen molar-refractivity contribution in [3.05, 3.63) is 36.0 Å². The van der Waals surface area contributed by atoms with Crippen molar-refractivity contribution >= 4 is 17.4 Å². The SMILES string of the molecule is Cc1cn[nH]c1NC(=O)C1CNc2ccccc2O1. The monoisotopic (exact) mass is 258 g/mol. The lowest BCUT2D eigenvalue weighted by Crippen LogP contribution is -2.41. The first-order chi connectivity index (χ1) is 9.24. The minimum absolute atomic E-state index is 0.200. The number of hydrogen-bond donors (Lipinski definition) is 3. The minimum atomic E-state index is -0.558. The number of aryl methyl sites for hydroxylation is 1. The number of amides is 1. The fourth-order valence-corrected chi connectivity index (χ4v) is 1.94. The van der Waals surface area contributed by atoms with Crippen LogP contribution in [0.25, 0.3) is 0 Å². The van der Waals surface area contributed by atoms with Crippen molar-refractivity contribution in [1.82, 2.24) is 10.2 Å². The maximum atomic E-state index is 12.1. The first kappa shape index (κ1) is 11.6. The molecule has 1 amide bonds. The summed E-state index contributed by atoms with van der Waals surface area (Å²) in [6, 6.07) is 7.55. The van der Waals surface area contributed by atoms with Crippen LogP contribution in [-0.2, 0) is 4.79 Å². The van der Waals surface area contributed by atoms with E-state index in [0.29, 0.717) is 18.1 Å². The van der Waals surface area contributed by atoms with Gasteiger partial charge in [0.2, 0.25) is 0 Å². The van der Waals surface area contributed by atoms with Crippen molar-refractivity contribution < 1.29 is 9.53 Å². The van der Waals surface area contributed by atoms with Gasteiger partial charge in [0, 0.05) is 5.56 Å². The molecule has 0 radical (unpaired) electrons. The highest BCUT2D eigenvalue weighted by molar-refractivity contribution is 5.95. The Morgan fingerprint density at radius 1 is 1.47 bits per heavy atom. The zero-order valence-electron chi connectivity index (χ0n) is 10.4. The van der Waals surface area contributed by atoms with Crippen molar-refractivity contribution in [1.29, 1.82) is 0 Å². The second-order valence-corrected chi connectivity index (χ2v) is 4.40. The lowest BCUT2D eigenvalue weighted by molar-refractivity contribution is -0.122. The largest absolute Gasteiger partial charge is 0.477 e. The topological polar surface area (TPSA) is 79.0 Å². The number of ether oxygens (including phenoxy) is 1. The number of H-pyrrole nitrogens is 1. The number of nitrogens with one attached hydrogen (secondary N) is 3. The number of carbonyl (C=O) groups is 1. The quantitative estimate of drug-likeness (QED) is 0.763. The Kier molecular flexibility index (Phi) is 2.83. The summed E-state index contributed by atoms with van der Waals surface area (Å²) in [5.41, 5.74) is 1.79. The van der Waals surface area contributed by atoms with Crippen molar-refractivity contribution in [2.75, 3.05) is 17.2 Å². The van der Waals surface area contributed by atoms with Crippen LogP contribution in [0.15, 0.2) is 30.5 Å². The van der Waals surface area contributed by atoms with Crippen LogP contribution in [-0.4, -0.2) is 28.8 Å². The molecule has 19 heavy (non-hydrogen) atoms. The number of carbonyl (C=O) groups excluding carboxylic acids is 1. The normalized spacial score (nSPS) is 17.0. The number of benzene rings is 1. The third-order valence-electron chi connectivity index (χ3n) is 3.00. The molecule has 6 heteroatoms. The molecule has 98 valence electrons. The maximum absolute atomic E-state index is 12.1. The van der Waals surface area contributed by atoms with E-state index in [0.717, 1.165) is 11.3 Å². The van der Waals surface area contributed by atoms with E-state index in [2.05, 4.69) is 20.8 Å². The van der Waals surface area contributed by atoms with E-state index in [1.165, 1.54) is 0 Å². The summed E-state index contributed by atoms with van der Waals surface area (Å²) in [5.74, 6) is 1.09. The number of aromatic amines is 1. The number of fused-ring (bicyclic) bond motifs is 1. The summed E-state index contributed by atoms with van der Waals surface area (Å²) >= 11 is 0. The molecule has 1 aliphatic rings. The second kappa shape index (κ2) is 4.64. The number of rotatable bonds is 2. The Morgan fingerprint density at radius 3 is 3.11 bits per heavy atom. The van der Waals surface area contributed by atoms with Gasteiger partial charge in [-0.3, -0.25) is 9.89 Å². The van der Waals surface area contributed by atoms with Gasteiger partial charge in [0.05, 0.1) is 18.4 Å². The fourth-order valence-electron chi connectivity index (χ4n) is 1.94. The molecule has 0 saturated heterocycles. The van der Waals surface area contributed by atoms with Crippen LogP contribution >= 0.6 is 0 Å². The maximum Gasteiger partial charge on any atom is 0.268 e. The molecule has 1 aromatic heterocycles. The average molecular weight is 258 g/mol. The van der Waals surface area contributed by atoms with Crippen molar-refractivity contribution in [3.63, 3.8) is 0 Å². The molecule has 6 nitrogen and oxygen atoms in total. The van der Waals surface area contributed by atoms with E-state index in [1.807, 2.05) is 31.2 Å². The van der Waals surface area contributed by atoms with E-state index in [1.54, 1.807) is 6.20 Å². The fraction of sp³-hybridized carbons (Fsp3) is 0.231. The molecular weight excluding hydrogens is 244 g/mol. The minimum Gasteiger partial charge on any atom is -0.477 e. The van der Waals surface area contributed by atoms with Crippen molar-refractivity contribution in [2.45, 2.75) is 13.0 Å². The summed E-state index contributed by atoms with van der Waals surface area (Å²) in [6.45, 7) is 2.31. The van der Waals surface area contributed by atoms with Crippen LogP contribution in [0.4, 0.5) is 11.5 Å². The highest BCUT2D eigenvalue weighted by atomic mass is 16.5. The average Bonchev–Trinajstić information content (AvgIpc) is 2.84. The third kappa shape index (κ3) is 2.24. The molecule has 0 bridgehead atoms. The van der Waals surface area contributed by atoms with Gasteiger partial charge in [-0.2, -0.15) is 5.10 Å². The lowest BCUT2D eigenvalue weighted by Gasteiger charge is -2.26. The number of anilines is 2. The van der Waals surface area contributed by atoms with E-state index in [-0.39, 0.29) is 5.91 Å². The lowest BCUT2D eigenvalue weighted by atomic mass is 10.2. The van der Waals surface area contributed by atoms with Gasteiger partial charge in [-0.1, -0.05) is 12.1 Å². The predicted molar refractivity (Wildman–Crippen MR) is 71.3 cm³/mol. The summed E-state index contributed by atoms with van der Waals surface area (Å²) < 4.78 is 5.67. The number of nitrogens with zero attached hydrogens (tertiary/aromatic N) is 1. The van der Waals surface area contributed by atoms with E-state index in [9.17, 15) is 4.79 Å². The van der Waals surface area contributed by atoms with E-state index >= 15 is 0 Å². The Morgan fingerprint density at radius 2 is 2.32 bits per heavy atom. The number of para-hydroxylation sites is 2. The van der Waals surface area contributed by atoms with E-state index < -0.39 is 6.10 Å². The molecule has 1 aromatic carbocycles. The second-order valence-electron chi connectivity index (χ2n) is 4.40. The highest BCUT2D eigenvalue weighted by Crippen LogP contribution is 2.28. The molecule has 0 aliphatic carbocycles. The molecule has 0 fully saturated rings. The standard InChI is InChI=1S/C13H14N4O2/c1-8-6-15-17-12(8)16-13(18)11-7-14-9-4-2-3-5-10(9)19-11/h2-6,11,14H,7H2,1H3,(H2,15,16,17,18). The van der Waals surface area contributed by atoms with Crippen LogP contribution in [0.1, 0.15) is 5.56 Å². The van der Waals surface area contributed by atoms with Crippen LogP contribution < -0.4 is 15.4 Å². The molecule has 1 aliphatic heterocycles. The molecule has 1 atom stereocenters. The Hall–Kier alpha value is -2.50. The van der Waals surface area contributed by atoms with Gasteiger partial charge in [-0.05, 0) is 19.1 Å². The van der Waals surface area contributed by atoms with Crippen LogP contribution in [0.2, 0.25) is 0 Å². The van der Waals surface area contributed by atoms with Gasteiger partial charge >= 0.3 is 0 Å². The van der Waals surface area contributed by atoms with Crippen LogP contribution in [0, 0.1) is 6.92 Å². The van der Waals surface area contributed by atoms with Gasteiger partial charge in [0.15, 0.2) is 6.10 Å². The number of hydrogen-bond acceptors (Lipinski definition) is 4. The number of aromatic nitrogens is 2. The van der Waals surface area contributed by atoms with Crippen LogP contribution in [0.5, 0.6) is 5.75 Å². The zero-order chi connectivity index (χ0) is 13.2. The first-order valence-corrected chi connectivity index (χ1v) is 6.04. The molecule has 1 unspecified atom stereocenters. The Labute approximate surface area is 110 Å². The molecule has 3 rings (SSSR count). The first-order valence-electron chi connectivity index (χ1n) is 6.04. The van der Waals surface area contributed by atoms with E-state index in [4.69, 9.17) is 4.74 Å². The summed E-state index contributed by atoms with van der Waals surface area (Å²) in [4.78, 5) is 12.1. The molecule has 0 spiro atoms. The Balaban J connectivity index is 1.71. The van der Waals surface area contributed by atoms with Gasteiger partial charge < -0.3 is 15.4 Å². The smallest absolute Gasteiger partial charge is 0.268 e. The van der Waals surface area contributed by atoms with Crippen molar-refractivity contribution in [3.8, 4) is 5.75 Å².